The Balaban J connectivity index is 1.69. The highest BCUT2D eigenvalue weighted by Gasteiger charge is 2.11. The van der Waals surface area contributed by atoms with Crippen molar-refractivity contribution in [3.05, 3.63) is 76.2 Å². The monoisotopic (exact) mass is 445 g/mol. The lowest BCUT2D eigenvalue weighted by atomic mass is 10.0. The minimum Gasteiger partial charge on any atom is -0.459 e. The Morgan fingerprint density at radius 2 is 1.81 bits per heavy atom. The Morgan fingerprint density at radius 1 is 1.12 bits per heavy atom. The third kappa shape index (κ3) is 6.29. The van der Waals surface area contributed by atoms with E-state index < -0.39 is 0 Å². The summed E-state index contributed by atoms with van der Waals surface area (Å²) in [6.45, 7) is 8.04. The normalized spacial score (nSPS) is 11.5. The van der Waals surface area contributed by atoms with Crippen LogP contribution in [0.5, 0.6) is 0 Å². The maximum absolute atomic E-state index is 11.9. The molecule has 0 saturated heterocycles. The molecule has 3 rings (SSSR count). The van der Waals surface area contributed by atoms with Gasteiger partial charge in [0.05, 0.1) is 17.4 Å². The number of nitrogens with one attached hydrogen (secondary N) is 1. The molecule has 1 N–H and O–H groups in total. The summed E-state index contributed by atoms with van der Waals surface area (Å²) in [4.78, 5) is 16.6. The number of aromatic nitrogens is 1. The van der Waals surface area contributed by atoms with Gasteiger partial charge in [-0.3, -0.25) is 0 Å². The fraction of sp³-hybridized carbons (Fsp3) is 0.269. The molecular formula is C26H27N3O2S. The van der Waals surface area contributed by atoms with Gasteiger partial charge in [-0.1, -0.05) is 38.1 Å². The van der Waals surface area contributed by atoms with Crippen LogP contribution in [0.4, 0.5) is 5.69 Å². The van der Waals surface area contributed by atoms with Gasteiger partial charge in [0, 0.05) is 22.8 Å². The summed E-state index contributed by atoms with van der Waals surface area (Å²) < 4.78 is 5.19. The Morgan fingerprint density at radius 3 is 2.41 bits per heavy atom. The maximum Gasteiger partial charge on any atom is 0.338 e. The number of anilines is 1. The summed E-state index contributed by atoms with van der Waals surface area (Å²) in [5.74, 6) is 0.264. The van der Waals surface area contributed by atoms with Crippen LogP contribution in [-0.2, 0) is 11.2 Å². The van der Waals surface area contributed by atoms with Gasteiger partial charge >= 0.3 is 5.97 Å². The summed E-state index contributed by atoms with van der Waals surface area (Å²) in [7, 11) is 0. The Hall–Kier alpha value is -3.43. The summed E-state index contributed by atoms with van der Waals surface area (Å²) in [6, 6.07) is 17.6. The summed E-state index contributed by atoms with van der Waals surface area (Å²) in [5.41, 5.74) is 4.89. The van der Waals surface area contributed by atoms with Crippen molar-refractivity contribution < 1.29 is 9.53 Å². The van der Waals surface area contributed by atoms with Crippen molar-refractivity contribution >= 4 is 28.6 Å². The number of esters is 1. The molecule has 5 nitrogen and oxygen atoms in total. The van der Waals surface area contributed by atoms with E-state index in [0.717, 1.165) is 23.4 Å². The van der Waals surface area contributed by atoms with Crippen molar-refractivity contribution in [1.82, 2.24) is 4.98 Å². The second-order valence-corrected chi connectivity index (χ2v) is 9.04. The fourth-order valence-electron chi connectivity index (χ4n) is 3.10. The van der Waals surface area contributed by atoms with Crippen LogP contribution in [0.15, 0.2) is 60.1 Å². The molecule has 1 aromatic heterocycles. The number of hydrogen-bond donors (Lipinski definition) is 1. The van der Waals surface area contributed by atoms with Crippen LogP contribution >= 0.6 is 11.3 Å². The first-order chi connectivity index (χ1) is 15.4. The molecule has 0 fully saturated rings. The van der Waals surface area contributed by atoms with Gasteiger partial charge < -0.3 is 10.1 Å². The van der Waals surface area contributed by atoms with Gasteiger partial charge in [-0.05, 0) is 56.0 Å². The predicted molar refractivity (Wildman–Crippen MR) is 130 cm³/mol. The van der Waals surface area contributed by atoms with Crippen LogP contribution in [0.25, 0.3) is 16.8 Å². The van der Waals surface area contributed by atoms with Crippen molar-refractivity contribution in [2.45, 2.75) is 40.2 Å². The van der Waals surface area contributed by atoms with E-state index in [2.05, 4.69) is 54.5 Å². The first-order valence-corrected chi connectivity index (χ1v) is 11.5. The van der Waals surface area contributed by atoms with E-state index in [1.54, 1.807) is 30.5 Å². The number of ether oxygens (including phenoxy) is 1. The van der Waals surface area contributed by atoms with Crippen LogP contribution in [0.3, 0.4) is 0 Å². The molecule has 0 aliphatic rings. The molecule has 0 bridgehead atoms. The minimum atomic E-state index is -0.354. The maximum atomic E-state index is 11.9. The molecule has 0 aliphatic carbocycles. The average Bonchev–Trinajstić information content (AvgIpc) is 3.24. The number of carbonyl (C=O) groups excluding carboxylic acids is 1. The van der Waals surface area contributed by atoms with Gasteiger partial charge in [0.25, 0.3) is 0 Å². The molecule has 32 heavy (non-hydrogen) atoms. The van der Waals surface area contributed by atoms with Gasteiger partial charge in [-0.2, -0.15) is 5.26 Å². The molecule has 2 aromatic carbocycles. The highest BCUT2D eigenvalue weighted by molar-refractivity contribution is 7.11. The molecule has 0 spiro atoms. The van der Waals surface area contributed by atoms with E-state index in [1.165, 1.54) is 16.9 Å². The van der Waals surface area contributed by atoms with Crippen LogP contribution in [0.1, 0.15) is 48.6 Å². The highest BCUT2D eigenvalue weighted by atomic mass is 32.1. The lowest BCUT2D eigenvalue weighted by Crippen LogP contribution is -2.11. The number of benzene rings is 2. The van der Waals surface area contributed by atoms with E-state index in [4.69, 9.17) is 4.74 Å². The van der Waals surface area contributed by atoms with Crippen LogP contribution < -0.4 is 5.32 Å². The van der Waals surface area contributed by atoms with Gasteiger partial charge in [0.2, 0.25) is 0 Å². The molecule has 1 heterocycles. The topological polar surface area (TPSA) is 75.0 Å². The van der Waals surface area contributed by atoms with Crippen molar-refractivity contribution in [3.8, 4) is 17.3 Å². The molecule has 0 unspecified atom stereocenters. The number of nitrogens with zero attached hydrogens (tertiary/aromatic N) is 2. The van der Waals surface area contributed by atoms with Crippen molar-refractivity contribution in [2.24, 2.45) is 5.92 Å². The second kappa shape index (κ2) is 10.7. The number of allylic oxidation sites excluding steroid dienone is 1. The summed E-state index contributed by atoms with van der Waals surface area (Å²) >= 11 is 1.44. The largest absolute Gasteiger partial charge is 0.459 e. The molecule has 0 amide bonds. The van der Waals surface area contributed by atoms with Crippen LogP contribution in [0, 0.1) is 17.2 Å². The smallest absolute Gasteiger partial charge is 0.338 e. The molecule has 164 valence electrons. The molecule has 0 atom stereocenters. The number of hydrogen-bond acceptors (Lipinski definition) is 6. The summed E-state index contributed by atoms with van der Waals surface area (Å²) in [6.07, 6.45) is 2.52. The molecule has 6 heteroatoms. The molecule has 3 aromatic rings. The molecule has 0 aliphatic heterocycles. The molecule has 0 radical (unpaired) electrons. The third-order valence-electron chi connectivity index (χ3n) is 4.60. The van der Waals surface area contributed by atoms with E-state index in [9.17, 15) is 10.1 Å². The number of rotatable bonds is 8. The standard InChI is InChI=1S/C26H27N3O2S/c1-17(2)13-19-5-7-20(8-6-19)24-16-32-25(29-24)22(14-27)15-28-23-11-9-21(10-12-23)26(30)31-18(3)4/h5-12,15-18,28H,13H2,1-4H3/b22-15+. The highest BCUT2D eigenvalue weighted by Crippen LogP contribution is 2.27. The Bertz CT molecular complexity index is 1120. The summed E-state index contributed by atoms with van der Waals surface area (Å²) in [5, 5.41) is 15.3. The van der Waals surface area contributed by atoms with E-state index in [1.807, 2.05) is 19.2 Å². The van der Waals surface area contributed by atoms with Gasteiger partial charge in [-0.25, -0.2) is 9.78 Å². The van der Waals surface area contributed by atoms with E-state index >= 15 is 0 Å². The second-order valence-electron chi connectivity index (χ2n) is 8.18. The zero-order valence-electron chi connectivity index (χ0n) is 18.8. The van der Waals surface area contributed by atoms with E-state index in [0.29, 0.717) is 22.1 Å². The van der Waals surface area contributed by atoms with Gasteiger partial charge in [0.1, 0.15) is 16.6 Å². The van der Waals surface area contributed by atoms with Gasteiger partial charge in [-0.15, -0.1) is 11.3 Å². The van der Waals surface area contributed by atoms with Crippen LogP contribution in [0.2, 0.25) is 0 Å². The lowest BCUT2D eigenvalue weighted by molar-refractivity contribution is 0.0378. The number of carbonyl (C=O) groups is 1. The number of nitriles is 1. The SMILES string of the molecule is CC(C)Cc1ccc(-c2csc(/C(C#N)=C/Nc3ccc(C(=O)OC(C)C)cc3)n2)cc1. The molecular weight excluding hydrogens is 418 g/mol. The zero-order chi connectivity index (χ0) is 23.1. The third-order valence-corrected chi connectivity index (χ3v) is 5.47. The Kier molecular flexibility index (Phi) is 7.80. The minimum absolute atomic E-state index is 0.164. The average molecular weight is 446 g/mol. The molecule has 0 saturated carbocycles. The fourth-order valence-corrected chi connectivity index (χ4v) is 3.89. The Labute approximate surface area is 193 Å². The first-order valence-electron chi connectivity index (χ1n) is 10.6. The quantitative estimate of drug-likeness (QED) is 0.314. The van der Waals surface area contributed by atoms with Crippen molar-refractivity contribution in [1.29, 1.82) is 5.26 Å². The zero-order valence-corrected chi connectivity index (χ0v) is 19.6. The number of thiazole rings is 1. The first kappa shape index (κ1) is 23.2. The lowest BCUT2D eigenvalue weighted by Gasteiger charge is -2.08. The van der Waals surface area contributed by atoms with Crippen molar-refractivity contribution in [2.75, 3.05) is 5.32 Å². The van der Waals surface area contributed by atoms with E-state index in [-0.39, 0.29) is 12.1 Å². The predicted octanol–water partition coefficient (Wildman–Crippen LogP) is 6.55. The van der Waals surface area contributed by atoms with Gasteiger partial charge in [0.15, 0.2) is 0 Å². The van der Waals surface area contributed by atoms with Crippen molar-refractivity contribution in [3.63, 3.8) is 0 Å². The van der Waals surface area contributed by atoms with Crippen LogP contribution in [-0.4, -0.2) is 17.1 Å².